The normalized spacial score (nSPS) is 18.0. The number of nitrogens with zero attached hydrogens (tertiary/aromatic N) is 2. The Morgan fingerprint density at radius 3 is 2.31 bits per heavy atom. The first kappa shape index (κ1) is 18.7. The maximum absolute atomic E-state index is 12.3. The van der Waals surface area contributed by atoms with Gasteiger partial charge in [-0.3, -0.25) is 4.79 Å². The zero-order chi connectivity index (χ0) is 19.1. The van der Waals surface area contributed by atoms with Crippen LogP contribution in [0.1, 0.15) is 33.3 Å². The van der Waals surface area contributed by atoms with Gasteiger partial charge in [-0.05, 0) is 44.8 Å². The van der Waals surface area contributed by atoms with E-state index >= 15 is 0 Å². The van der Waals surface area contributed by atoms with Crippen LogP contribution in [-0.2, 0) is 26.3 Å². The standard InChI is InChI=1S/C18H21BN2O4S/c1-17(2)18(3,4)25-19(24-17)14-9-10-16(22)21(12-14)11-13-7-5-6-8-15(13)26(20)23/h5-10,12H,11H2,1-4H3. The third kappa shape index (κ3) is 3.41. The number of hydrogen-bond donors (Lipinski definition) is 0. The second-order valence-electron chi connectivity index (χ2n) is 7.37. The molecule has 0 N–H and O–H groups in total. The molecule has 1 aliphatic heterocycles. The van der Waals surface area contributed by atoms with Gasteiger partial charge in [-0.15, -0.1) is 4.61 Å². The first-order valence-corrected chi connectivity index (χ1v) is 9.46. The number of pyridine rings is 1. The van der Waals surface area contributed by atoms with Crippen molar-refractivity contribution in [3.05, 3.63) is 58.5 Å². The minimum Gasteiger partial charge on any atom is -0.399 e. The molecule has 1 aromatic carbocycles. The lowest BCUT2D eigenvalue weighted by Gasteiger charge is -2.32. The summed E-state index contributed by atoms with van der Waals surface area (Å²) < 4.78 is 34.5. The molecule has 8 heteroatoms. The van der Waals surface area contributed by atoms with E-state index in [0.717, 1.165) is 5.46 Å². The molecule has 0 saturated carbocycles. The molecular weight excluding hydrogens is 351 g/mol. The van der Waals surface area contributed by atoms with Gasteiger partial charge in [0, 0.05) is 12.3 Å². The highest BCUT2D eigenvalue weighted by Gasteiger charge is 2.51. The summed E-state index contributed by atoms with van der Waals surface area (Å²) in [4.78, 5) is 12.6. The summed E-state index contributed by atoms with van der Waals surface area (Å²) in [6, 6.07) is 9.92. The molecule has 1 aromatic heterocycles. The lowest BCUT2D eigenvalue weighted by atomic mass is 9.80. The predicted octanol–water partition coefficient (Wildman–Crippen LogP) is 1.78. The van der Waals surface area contributed by atoms with Crippen LogP contribution in [0.25, 0.3) is 0 Å². The van der Waals surface area contributed by atoms with Gasteiger partial charge in [-0.2, -0.15) is 4.21 Å². The SMILES string of the molecule is CC1(C)OB(c2ccc(=O)n(Cc3ccccc3S(#N)=O)c2)OC1(C)C. The molecule has 0 bridgehead atoms. The van der Waals surface area contributed by atoms with Gasteiger partial charge >= 0.3 is 7.12 Å². The van der Waals surface area contributed by atoms with Gasteiger partial charge in [0.05, 0.1) is 22.6 Å². The first-order valence-electron chi connectivity index (χ1n) is 8.35. The summed E-state index contributed by atoms with van der Waals surface area (Å²) in [5, 5.41) is 0. The second kappa shape index (κ2) is 6.56. The fourth-order valence-electron chi connectivity index (χ4n) is 2.78. The lowest BCUT2D eigenvalue weighted by Crippen LogP contribution is -2.41. The second-order valence-corrected chi connectivity index (χ2v) is 8.31. The highest BCUT2D eigenvalue weighted by Crippen LogP contribution is 2.36. The predicted molar refractivity (Wildman–Crippen MR) is 100 cm³/mol. The quantitative estimate of drug-likeness (QED) is 0.768. The molecule has 0 aliphatic carbocycles. The van der Waals surface area contributed by atoms with Gasteiger partial charge in [0.1, 0.15) is 0 Å². The van der Waals surface area contributed by atoms with Crippen LogP contribution in [0.15, 0.2) is 52.3 Å². The Kier molecular flexibility index (Phi) is 4.71. The maximum atomic E-state index is 12.3. The molecule has 0 amide bonds. The van der Waals surface area contributed by atoms with E-state index in [4.69, 9.17) is 9.31 Å². The smallest absolute Gasteiger partial charge is 0.399 e. The van der Waals surface area contributed by atoms with E-state index in [9.17, 15) is 13.6 Å². The topological polar surface area (TPSA) is 81.3 Å². The van der Waals surface area contributed by atoms with Gasteiger partial charge < -0.3 is 13.9 Å². The van der Waals surface area contributed by atoms with Crippen molar-refractivity contribution in [1.82, 2.24) is 4.57 Å². The molecule has 0 radical (unpaired) electrons. The van der Waals surface area contributed by atoms with Crippen molar-refractivity contribution >= 4 is 23.0 Å². The molecule has 1 saturated heterocycles. The minimum atomic E-state index is -2.11. The highest BCUT2D eigenvalue weighted by molar-refractivity contribution is 7.71. The van der Waals surface area contributed by atoms with Gasteiger partial charge in [0.15, 0.2) is 10.4 Å². The number of hydrogen-bond acceptors (Lipinski definition) is 5. The number of benzene rings is 1. The molecular formula is C18H21BN2O4S. The van der Waals surface area contributed by atoms with Crippen molar-refractivity contribution in [2.45, 2.75) is 50.3 Å². The summed E-state index contributed by atoms with van der Waals surface area (Å²) in [5.41, 5.74) is 0.189. The first-order chi connectivity index (χ1) is 12.1. The fourth-order valence-corrected chi connectivity index (χ4v) is 3.33. The van der Waals surface area contributed by atoms with E-state index < -0.39 is 28.7 Å². The molecule has 1 fully saturated rings. The highest BCUT2D eigenvalue weighted by atomic mass is 32.2. The molecule has 0 unspecified atom stereocenters. The Labute approximate surface area is 155 Å². The van der Waals surface area contributed by atoms with Crippen LogP contribution in [-0.4, -0.2) is 27.1 Å². The fraction of sp³-hybridized carbons (Fsp3) is 0.389. The molecule has 1 aliphatic rings. The van der Waals surface area contributed by atoms with Crippen LogP contribution in [0.4, 0.5) is 0 Å². The van der Waals surface area contributed by atoms with Crippen LogP contribution in [0.3, 0.4) is 0 Å². The van der Waals surface area contributed by atoms with Crippen molar-refractivity contribution < 1.29 is 13.5 Å². The van der Waals surface area contributed by atoms with Gasteiger partial charge in [-0.25, -0.2) is 0 Å². The summed E-state index contributed by atoms with van der Waals surface area (Å²) in [6.45, 7) is 8.06. The third-order valence-electron chi connectivity index (χ3n) is 5.03. The van der Waals surface area contributed by atoms with E-state index in [-0.39, 0.29) is 12.1 Å². The summed E-state index contributed by atoms with van der Waals surface area (Å²) in [5.74, 6) is 0. The van der Waals surface area contributed by atoms with Gasteiger partial charge in [0.25, 0.3) is 5.56 Å². The Balaban J connectivity index is 1.95. The van der Waals surface area contributed by atoms with E-state index in [0.29, 0.717) is 10.5 Å². The van der Waals surface area contributed by atoms with Crippen molar-refractivity contribution in [1.29, 1.82) is 4.61 Å². The molecule has 0 spiro atoms. The number of aromatic nitrogens is 1. The zero-order valence-electron chi connectivity index (χ0n) is 15.3. The van der Waals surface area contributed by atoms with Crippen molar-refractivity contribution in [2.24, 2.45) is 0 Å². The largest absolute Gasteiger partial charge is 0.496 e. The van der Waals surface area contributed by atoms with Crippen LogP contribution in [0, 0.1) is 4.61 Å². The third-order valence-corrected chi connectivity index (χ3v) is 5.81. The van der Waals surface area contributed by atoms with Crippen molar-refractivity contribution in [3.63, 3.8) is 0 Å². The Hall–Kier alpha value is -2.12. The summed E-state index contributed by atoms with van der Waals surface area (Å²) in [7, 11) is -2.69. The Morgan fingerprint density at radius 2 is 1.69 bits per heavy atom. The molecule has 2 aromatic rings. The Morgan fingerprint density at radius 1 is 1.08 bits per heavy atom. The van der Waals surface area contributed by atoms with Gasteiger partial charge in [0.2, 0.25) is 0 Å². The summed E-state index contributed by atoms with van der Waals surface area (Å²) >= 11 is 0. The lowest BCUT2D eigenvalue weighted by molar-refractivity contribution is 0.00578. The maximum Gasteiger partial charge on any atom is 0.496 e. The summed E-state index contributed by atoms with van der Waals surface area (Å²) in [6.07, 6.45) is 1.68. The van der Waals surface area contributed by atoms with Gasteiger partial charge in [-0.1, -0.05) is 24.3 Å². The monoisotopic (exact) mass is 372 g/mol. The zero-order valence-corrected chi connectivity index (χ0v) is 16.1. The molecule has 26 heavy (non-hydrogen) atoms. The Bertz CT molecular complexity index is 1010. The van der Waals surface area contributed by atoms with Crippen LogP contribution in [0.5, 0.6) is 0 Å². The molecule has 3 rings (SSSR count). The van der Waals surface area contributed by atoms with E-state index in [1.165, 1.54) is 10.6 Å². The number of rotatable bonds is 3. The van der Waals surface area contributed by atoms with Crippen LogP contribution < -0.4 is 11.0 Å². The van der Waals surface area contributed by atoms with Crippen LogP contribution in [0.2, 0.25) is 0 Å². The molecule has 2 heterocycles. The van der Waals surface area contributed by atoms with Crippen molar-refractivity contribution in [2.75, 3.05) is 0 Å². The van der Waals surface area contributed by atoms with E-state index in [1.54, 1.807) is 36.5 Å². The molecule has 136 valence electrons. The van der Waals surface area contributed by atoms with E-state index in [2.05, 4.69) is 0 Å². The van der Waals surface area contributed by atoms with Crippen LogP contribution >= 0.6 is 0 Å². The average Bonchev–Trinajstić information content (AvgIpc) is 2.78. The average molecular weight is 372 g/mol. The van der Waals surface area contributed by atoms with Crippen molar-refractivity contribution in [3.8, 4) is 0 Å². The molecule has 0 atom stereocenters. The van der Waals surface area contributed by atoms with E-state index in [1.807, 2.05) is 27.7 Å². The minimum absolute atomic E-state index is 0.189. The molecule has 6 nitrogen and oxygen atoms in total.